The number of benzene rings is 1. The van der Waals surface area contributed by atoms with Crippen LogP contribution in [-0.4, -0.2) is 36.4 Å². The molecule has 0 unspecified atom stereocenters. The first-order valence-electron chi connectivity index (χ1n) is 8.03. The second-order valence-electron chi connectivity index (χ2n) is 5.79. The van der Waals surface area contributed by atoms with E-state index in [0.717, 1.165) is 23.4 Å². The molecule has 0 bridgehead atoms. The van der Waals surface area contributed by atoms with E-state index < -0.39 is 0 Å². The van der Waals surface area contributed by atoms with Crippen molar-refractivity contribution in [2.75, 3.05) is 25.6 Å². The van der Waals surface area contributed by atoms with Crippen molar-refractivity contribution in [2.24, 2.45) is 0 Å². The van der Waals surface area contributed by atoms with Gasteiger partial charge < -0.3 is 14.2 Å². The van der Waals surface area contributed by atoms with Crippen molar-refractivity contribution in [1.82, 2.24) is 10.2 Å². The highest BCUT2D eigenvalue weighted by molar-refractivity contribution is 7.15. The second-order valence-corrected chi connectivity index (χ2v) is 6.80. The van der Waals surface area contributed by atoms with Gasteiger partial charge in [0.2, 0.25) is 16.8 Å². The quantitative estimate of drug-likeness (QED) is 0.827. The number of aromatic nitrogens is 2. The number of nitrogens with one attached hydrogen (secondary N) is 1. The van der Waals surface area contributed by atoms with Crippen LogP contribution in [0.15, 0.2) is 18.2 Å². The average molecular weight is 359 g/mol. The van der Waals surface area contributed by atoms with Crippen molar-refractivity contribution < 1.29 is 19.0 Å². The molecule has 0 saturated heterocycles. The van der Waals surface area contributed by atoms with Crippen molar-refractivity contribution in [2.45, 2.75) is 18.8 Å². The van der Waals surface area contributed by atoms with E-state index in [1.54, 1.807) is 19.3 Å². The van der Waals surface area contributed by atoms with Gasteiger partial charge in [0.05, 0.1) is 7.11 Å². The van der Waals surface area contributed by atoms with Crippen LogP contribution in [0.2, 0.25) is 0 Å². The molecule has 1 aromatic carbocycles. The maximum atomic E-state index is 12.1. The van der Waals surface area contributed by atoms with Gasteiger partial charge in [-0.3, -0.25) is 10.1 Å². The Morgan fingerprint density at radius 3 is 2.96 bits per heavy atom. The molecule has 4 rings (SSSR count). The van der Waals surface area contributed by atoms with Gasteiger partial charge in [0.15, 0.2) is 11.5 Å². The maximum Gasteiger partial charge on any atom is 0.250 e. The molecule has 1 fully saturated rings. The highest BCUT2D eigenvalue weighted by atomic mass is 32.1. The predicted octanol–water partition coefficient (Wildman–Crippen LogP) is 2.85. The number of carbonyl (C=O) groups excluding carboxylic acids is 1. The van der Waals surface area contributed by atoms with Crippen LogP contribution in [0.1, 0.15) is 29.3 Å². The minimum atomic E-state index is -0.257. The molecule has 1 aromatic heterocycles. The number of hydrogen-bond acceptors (Lipinski definition) is 7. The summed E-state index contributed by atoms with van der Waals surface area (Å²) in [6.07, 6.45) is 5.46. The molecule has 8 heteroatoms. The minimum absolute atomic E-state index is 0.257. The summed E-state index contributed by atoms with van der Waals surface area (Å²) in [6.45, 7) is 0.982. The third-order valence-corrected chi connectivity index (χ3v) is 4.88. The Hall–Kier alpha value is -2.61. The molecule has 130 valence electrons. The average Bonchev–Trinajstić information content (AvgIpc) is 3.39. The second kappa shape index (κ2) is 6.72. The summed E-state index contributed by atoms with van der Waals surface area (Å²) in [4.78, 5) is 12.1. The summed E-state index contributed by atoms with van der Waals surface area (Å²) in [6, 6.07) is 3.62. The first kappa shape index (κ1) is 15.9. The number of nitrogens with zero attached hydrogens (tertiary/aromatic N) is 2. The fourth-order valence-electron chi connectivity index (χ4n) is 2.49. The van der Waals surface area contributed by atoms with Crippen LogP contribution < -0.4 is 19.5 Å². The number of amides is 1. The number of ether oxygens (including phenoxy) is 3. The topological polar surface area (TPSA) is 82.6 Å². The van der Waals surface area contributed by atoms with E-state index in [9.17, 15) is 4.79 Å². The lowest BCUT2D eigenvalue weighted by atomic mass is 10.1. The monoisotopic (exact) mass is 359 g/mol. The van der Waals surface area contributed by atoms with Gasteiger partial charge in [-0.15, -0.1) is 10.2 Å². The van der Waals surface area contributed by atoms with Gasteiger partial charge in [-0.25, -0.2) is 0 Å². The van der Waals surface area contributed by atoms with Crippen LogP contribution in [0.4, 0.5) is 5.13 Å². The molecule has 2 aliphatic rings. The summed E-state index contributed by atoms with van der Waals surface area (Å²) in [7, 11) is 1.57. The van der Waals surface area contributed by atoms with Crippen LogP contribution in [0.5, 0.6) is 17.2 Å². The van der Waals surface area contributed by atoms with Gasteiger partial charge in [0.25, 0.3) is 0 Å². The zero-order valence-corrected chi connectivity index (χ0v) is 14.5. The zero-order chi connectivity index (χ0) is 17.2. The Balaban J connectivity index is 1.45. The normalized spacial score (nSPS) is 16.0. The Bertz CT molecular complexity index is 812. The maximum absolute atomic E-state index is 12.1. The van der Waals surface area contributed by atoms with E-state index in [2.05, 4.69) is 15.5 Å². The SMILES string of the molecule is COc1cc(C=CC(=O)Nc2nnc(C3CC3)s2)cc2c1OCCO2. The fourth-order valence-corrected chi connectivity index (χ4v) is 3.40. The number of hydrogen-bond donors (Lipinski definition) is 1. The van der Waals surface area contributed by atoms with Crippen molar-refractivity contribution >= 4 is 28.5 Å². The van der Waals surface area contributed by atoms with Crippen molar-refractivity contribution in [1.29, 1.82) is 0 Å². The van der Waals surface area contributed by atoms with Crippen molar-refractivity contribution in [3.05, 3.63) is 28.8 Å². The Kier molecular flexibility index (Phi) is 4.27. The number of anilines is 1. The molecule has 1 N–H and O–H groups in total. The molecule has 1 saturated carbocycles. The number of methoxy groups -OCH3 is 1. The smallest absolute Gasteiger partial charge is 0.250 e. The van der Waals surface area contributed by atoms with Gasteiger partial charge in [0.1, 0.15) is 18.2 Å². The van der Waals surface area contributed by atoms with Crippen LogP contribution in [0, 0.1) is 0 Å². The molecule has 0 radical (unpaired) electrons. The Labute approximate surface area is 148 Å². The molecule has 1 aliphatic heterocycles. The first-order chi connectivity index (χ1) is 12.2. The molecule has 2 heterocycles. The highest BCUT2D eigenvalue weighted by Gasteiger charge is 2.27. The van der Waals surface area contributed by atoms with Crippen LogP contribution in [0.25, 0.3) is 6.08 Å². The van der Waals surface area contributed by atoms with E-state index >= 15 is 0 Å². The predicted molar refractivity (Wildman–Crippen MR) is 93.5 cm³/mol. The molecule has 2 aromatic rings. The first-order valence-corrected chi connectivity index (χ1v) is 8.84. The van der Waals surface area contributed by atoms with Gasteiger partial charge in [-0.05, 0) is 36.6 Å². The summed E-state index contributed by atoms with van der Waals surface area (Å²) in [5, 5.41) is 12.4. The van der Waals surface area contributed by atoms with E-state index in [1.165, 1.54) is 17.4 Å². The number of rotatable bonds is 5. The lowest BCUT2D eigenvalue weighted by Crippen LogP contribution is -2.16. The fraction of sp³-hybridized carbons (Fsp3) is 0.353. The van der Waals surface area contributed by atoms with E-state index in [0.29, 0.717) is 41.5 Å². The number of fused-ring (bicyclic) bond motifs is 1. The summed E-state index contributed by atoms with van der Waals surface area (Å²) < 4.78 is 16.5. The van der Waals surface area contributed by atoms with Crippen molar-refractivity contribution in [3.8, 4) is 17.2 Å². The third kappa shape index (κ3) is 3.58. The van der Waals surface area contributed by atoms with Gasteiger partial charge >= 0.3 is 0 Å². The molecule has 25 heavy (non-hydrogen) atoms. The van der Waals surface area contributed by atoms with E-state index in [4.69, 9.17) is 14.2 Å². The molecular formula is C17H17N3O4S. The van der Waals surface area contributed by atoms with Gasteiger partial charge in [-0.2, -0.15) is 0 Å². The summed E-state index contributed by atoms with van der Waals surface area (Å²) in [5.41, 5.74) is 0.784. The van der Waals surface area contributed by atoms with E-state index in [1.807, 2.05) is 6.07 Å². The molecule has 7 nitrogen and oxygen atoms in total. The van der Waals surface area contributed by atoms with Gasteiger partial charge in [0, 0.05) is 12.0 Å². The Morgan fingerprint density at radius 2 is 2.16 bits per heavy atom. The van der Waals surface area contributed by atoms with Crippen LogP contribution in [-0.2, 0) is 4.79 Å². The largest absolute Gasteiger partial charge is 0.493 e. The Morgan fingerprint density at radius 1 is 1.32 bits per heavy atom. The molecule has 1 amide bonds. The van der Waals surface area contributed by atoms with Gasteiger partial charge in [-0.1, -0.05) is 11.3 Å². The van der Waals surface area contributed by atoms with E-state index in [-0.39, 0.29) is 5.91 Å². The summed E-state index contributed by atoms with van der Waals surface area (Å²) in [5.74, 6) is 2.06. The number of carbonyl (C=O) groups is 1. The third-order valence-electron chi connectivity index (χ3n) is 3.87. The molecule has 0 atom stereocenters. The molecule has 1 aliphatic carbocycles. The highest BCUT2D eigenvalue weighted by Crippen LogP contribution is 2.42. The summed E-state index contributed by atoms with van der Waals surface area (Å²) >= 11 is 1.43. The zero-order valence-electron chi connectivity index (χ0n) is 13.7. The molecule has 0 spiro atoms. The van der Waals surface area contributed by atoms with Crippen LogP contribution in [0.3, 0.4) is 0 Å². The molecular weight excluding hydrogens is 342 g/mol. The lowest BCUT2D eigenvalue weighted by Gasteiger charge is -2.20. The minimum Gasteiger partial charge on any atom is -0.493 e. The standard InChI is InChI=1S/C17H17N3O4S/c1-22-12-8-10(9-13-15(12)24-7-6-23-13)2-5-14(21)18-17-20-19-16(25-17)11-3-4-11/h2,5,8-9,11H,3-4,6-7H2,1H3,(H,18,20,21). The lowest BCUT2D eigenvalue weighted by molar-refractivity contribution is -0.111. The van der Waals surface area contributed by atoms with Crippen molar-refractivity contribution in [3.63, 3.8) is 0 Å². The van der Waals surface area contributed by atoms with Crippen LogP contribution >= 0.6 is 11.3 Å².